The maximum atomic E-state index is 12.4. The molecule has 0 aliphatic rings. The van der Waals surface area contributed by atoms with E-state index in [1.807, 2.05) is 36.4 Å². The zero-order valence-corrected chi connectivity index (χ0v) is 20.0. The standard InChI is InChI=1S/C21H17BrN4O4S2/c1-2-32(28,29)21-25-20(31-26-21)24-19(27)16(12-23)10-15-8-9-18(17(22)11-15)30-13-14-6-4-3-5-7-14/h3-11H,2,13H2,1H3,(H,24,25,26,27)/b16-10-. The van der Waals surface area contributed by atoms with Gasteiger partial charge in [0.1, 0.15) is 24.0 Å². The van der Waals surface area contributed by atoms with E-state index in [9.17, 15) is 18.5 Å². The first kappa shape index (κ1) is 23.6. The second-order valence-corrected chi connectivity index (χ2v) is 10.2. The topological polar surface area (TPSA) is 122 Å². The van der Waals surface area contributed by atoms with Gasteiger partial charge in [-0.3, -0.25) is 10.1 Å². The molecule has 0 fully saturated rings. The van der Waals surface area contributed by atoms with E-state index in [0.29, 0.717) is 22.4 Å². The number of hydrogen-bond acceptors (Lipinski definition) is 8. The second-order valence-electron chi connectivity index (χ2n) is 6.37. The van der Waals surface area contributed by atoms with Crippen LogP contribution in [0.3, 0.4) is 0 Å². The highest BCUT2D eigenvalue weighted by atomic mass is 79.9. The van der Waals surface area contributed by atoms with Gasteiger partial charge < -0.3 is 4.74 Å². The molecule has 1 heterocycles. The van der Waals surface area contributed by atoms with Crippen molar-refractivity contribution < 1.29 is 17.9 Å². The van der Waals surface area contributed by atoms with E-state index in [2.05, 4.69) is 30.6 Å². The van der Waals surface area contributed by atoms with E-state index >= 15 is 0 Å². The van der Waals surface area contributed by atoms with Crippen LogP contribution in [0.1, 0.15) is 18.1 Å². The van der Waals surface area contributed by atoms with Crippen LogP contribution in [0.5, 0.6) is 5.75 Å². The Morgan fingerprint density at radius 2 is 2.03 bits per heavy atom. The maximum absolute atomic E-state index is 12.4. The van der Waals surface area contributed by atoms with E-state index < -0.39 is 15.7 Å². The fourth-order valence-electron chi connectivity index (χ4n) is 2.46. The minimum absolute atomic E-state index is 0.00554. The number of rotatable bonds is 8. The number of nitrogens with zero attached hydrogens (tertiary/aromatic N) is 3. The Hall–Kier alpha value is -3.07. The number of carbonyl (C=O) groups is 1. The van der Waals surface area contributed by atoms with Crippen LogP contribution < -0.4 is 10.1 Å². The average molecular weight is 533 g/mol. The summed E-state index contributed by atoms with van der Waals surface area (Å²) in [5.74, 6) is -0.252. The van der Waals surface area contributed by atoms with Crippen molar-refractivity contribution in [2.45, 2.75) is 18.7 Å². The van der Waals surface area contributed by atoms with Crippen molar-refractivity contribution in [3.8, 4) is 11.8 Å². The molecule has 8 nitrogen and oxygen atoms in total. The van der Waals surface area contributed by atoms with Crippen molar-refractivity contribution in [2.24, 2.45) is 0 Å². The lowest BCUT2D eigenvalue weighted by atomic mass is 10.1. The summed E-state index contributed by atoms with van der Waals surface area (Å²) >= 11 is 4.17. The third-order valence-corrected chi connectivity index (χ3v) is 7.02. The number of benzene rings is 2. The van der Waals surface area contributed by atoms with Crippen molar-refractivity contribution in [2.75, 3.05) is 11.1 Å². The lowest BCUT2D eigenvalue weighted by molar-refractivity contribution is -0.112. The lowest BCUT2D eigenvalue weighted by Gasteiger charge is -2.09. The summed E-state index contributed by atoms with van der Waals surface area (Å²) in [6, 6.07) is 16.7. The SMILES string of the molecule is CCS(=O)(=O)c1nsc(NC(=O)/C(C#N)=C\c2ccc(OCc3ccccc3)c(Br)c2)n1. The van der Waals surface area contributed by atoms with Crippen LogP contribution in [0.4, 0.5) is 5.13 Å². The number of halogens is 1. The van der Waals surface area contributed by atoms with Gasteiger partial charge in [0.05, 0.1) is 10.2 Å². The third-order valence-electron chi connectivity index (χ3n) is 4.16. The molecule has 1 N–H and O–H groups in total. The molecule has 3 aromatic rings. The Morgan fingerprint density at radius 1 is 1.28 bits per heavy atom. The number of aromatic nitrogens is 2. The van der Waals surface area contributed by atoms with E-state index in [0.717, 1.165) is 17.1 Å². The maximum Gasteiger partial charge on any atom is 0.268 e. The van der Waals surface area contributed by atoms with Crippen LogP contribution in [0.15, 0.2) is 63.7 Å². The Balaban J connectivity index is 1.71. The molecule has 0 spiro atoms. The summed E-state index contributed by atoms with van der Waals surface area (Å²) in [5.41, 5.74) is 1.45. The number of anilines is 1. The first-order valence-corrected chi connectivity index (χ1v) is 12.5. The van der Waals surface area contributed by atoms with E-state index in [4.69, 9.17) is 4.74 Å². The molecule has 32 heavy (non-hydrogen) atoms. The van der Waals surface area contributed by atoms with Crippen LogP contribution in [0, 0.1) is 11.3 Å². The number of nitrogens with one attached hydrogen (secondary N) is 1. The molecule has 0 aliphatic heterocycles. The third kappa shape index (κ3) is 6.00. The molecule has 11 heteroatoms. The van der Waals surface area contributed by atoms with Crippen LogP contribution in [-0.2, 0) is 21.2 Å². The van der Waals surface area contributed by atoms with Crippen LogP contribution in [0.25, 0.3) is 6.08 Å². The van der Waals surface area contributed by atoms with Gasteiger partial charge in [-0.15, -0.1) is 0 Å². The molecule has 0 saturated carbocycles. The summed E-state index contributed by atoms with van der Waals surface area (Å²) < 4.78 is 33.8. The van der Waals surface area contributed by atoms with E-state index in [1.165, 1.54) is 13.0 Å². The van der Waals surface area contributed by atoms with Crippen molar-refractivity contribution >= 4 is 54.4 Å². The Bertz CT molecular complexity index is 1300. The molecule has 0 bridgehead atoms. The van der Waals surface area contributed by atoms with Crippen molar-refractivity contribution in [3.63, 3.8) is 0 Å². The van der Waals surface area contributed by atoms with Gasteiger partial charge in [-0.05, 0) is 45.3 Å². The lowest BCUT2D eigenvalue weighted by Crippen LogP contribution is -2.13. The fraction of sp³-hybridized carbons (Fsp3) is 0.143. The Morgan fingerprint density at radius 3 is 2.69 bits per heavy atom. The number of ether oxygens (including phenoxy) is 1. The van der Waals surface area contributed by atoms with E-state index in [1.54, 1.807) is 18.2 Å². The second kappa shape index (κ2) is 10.5. The predicted molar refractivity (Wildman–Crippen MR) is 125 cm³/mol. The highest BCUT2D eigenvalue weighted by molar-refractivity contribution is 9.10. The minimum Gasteiger partial charge on any atom is -0.488 e. The molecule has 164 valence electrons. The molecule has 0 atom stereocenters. The molecule has 3 rings (SSSR count). The molecule has 0 aliphatic carbocycles. The van der Waals surface area contributed by atoms with Gasteiger partial charge >= 0.3 is 0 Å². The molecule has 2 aromatic carbocycles. The number of sulfone groups is 1. The van der Waals surface area contributed by atoms with Crippen LogP contribution >= 0.6 is 27.5 Å². The van der Waals surface area contributed by atoms with Gasteiger partial charge in [0.2, 0.25) is 15.0 Å². The fourth-order valence-corrected chi connectivity index (χ4v) is 4.55. The molecule has 0 radical (unpaired) electrons. The zero-order valence-electron chi connectivity index (χ0n) is 16.8. The predicted octanol–water partition coefficient (Wildman–Crippen LogP) is 4.22. The summed E-state index contributed by atoms with van der Waals surface area (Å²) in [7, 11) is -3.58. The van der Waals surface area contributed by atoms with Gasteiger partial charge in [0, 0.05) is 11.5 Å². The molecular formula is C21H17BrN4O4S2. The molecule has 0 unspecified atom stereocenters. The van der Waals surface area contributed by atoms with Crippen molar-refractivity contribution in [3.05, 3.63) is 69.7 Å². The number of nitriles is 1. The average Bonchev–Trinajstić information content (AvgIpc) is 3.27. The summed E-state index contributed by atoms with van der Waals surface area (Å²) in [6.45, 7) is 1.87. The minimum atomic E-state index is -3.58. The quantitative estimate of drug-likeness (QED) is 0.340. The van der Waals surface area contributed by atoms with Gasteiger partial charge in [0.25, 0.3) is 11.1 Å². The number of carbonyl (C=O) groups excluding carboxylic acids is 1. The smallest absolute Gasteiger partial charge is 0.268 e. The largest absolute Gasteiger partial charge is 0.488 e. The van der Waals surface area contributed by atoms with Gasteiger partial charge in [-0.2, -0.15) is 14.6 Å². The van der Waals surface area contributed by atoms with Crippen molar-refractivity contribution in [1.29, 1.82) is 5.26 Å². The first-order chi connectivity index (χ1) is 15.3. The van der Waals surface area contributed by atoms with Crippen LogP contribution in [-0.4, -0.2) is 29.4 Å². The van der Waals surface area contributed by atoms with Gasteiger partial charge in [0.15, 0.2) is 0 Å². The monoisotopic (exact) mass is 532 g/mol. The molecular weight excluding hydrogens is 516 g/mol. The number of hydrogen-bond donors (Lipinski definition) is 1. The first-order valence-electron chi connectivity index (χ1n) is 9.28. The molecule has 0 saturated heterocycles. The Labute approximate surface area is 197 Å². The van der Waals surface area contributed by atoms with Crippen molar-refractivity contribution in [1.82, 2.24) is 9.36 Å². The van der Waals surface area contributed by atoms with Gasteiger partial charge in [-0.1, -0.05) is 43.3 Å². The zero-order chi connectivity index (χ0) is 23.1. The number of amides is 1. The molecule has 1 amide bonds. The summed E-state index contributed by atoms with van der Waals surface area (Å²) in [6.07, 6.45) is 1.41. The highest BCUT2D eigenvalue weighted by Crippen LogP contribution is 2.28. The van der Waals surface area contributed by atoms with Gasteiger partial charge in [-0.25, -0.2) is 8.42 Å². The summed E-state index contributed by atoms with van der Waals surface area (Å²) in [5, 5.41) is 11.5. The normalized spacial score (nSPS) is 11.6. The molecule has 1 aromatic heterocycles. The van der Waals surface area contributed by atoms with Crippen LogP contribution in [0.2, 0.25) is 0 Å². The Kier molecular flexibility index (Phi) is 7.74. The highest BCUT2D eigenvalue weighted by Gasteiger charge is 2.20. The van der Waals surface area contributed by atoms with E-state index in [-0.39, 0.29) is 21.6 Å². The summed E-state index contributed by atoms with van der Waals surface area (Å²) in [4.78, 5) is 16.3.